The molecule has 1 aromatic rings. The molecule has 0 spiro atoms. The van der Waals surface area contributed by atoms with Crippen LogP contribution in [0, 0.1) is 29.1 Å². The number of carboxylic acid groups (broad SMARTS) is 1. The molecular weight excluding hydrogens is 440 g/mol. The molecule has 2 amide bonds. The Morgan fingerprint density at radius 1 is 1.45 bits per heavy atom. The number of rotatable bonds is 6. The van der Waals surface area contributed by atoms with Crippen molar-refractivity contribution >= 4 is 47.0 Å². The first-order chi connectivity index (χ1) is 14.7. The van der Waals surface area contributed by atoms with Crippen molar-refractivity contribution in [2.75, 3.05) is 13.1 Å². The molecule has 3 aliphatic heterocycles. The zero-order valence-electron chi connectivity index (χ0n) is 16.8. The molecule has 4 atom stereocenters. The maximum Gasteiger partial charge on any atom is 0.353 e. The second kappa shape index (κ2) is 8.11. The van der Waals surface area contributed by atoms with E-state index in [1.54, 1.807) is 28.7 Å². The maximum absolute atomic E-state index is 12.4. The summed E-state index contributed by atoms with van der Waals surface area (Å²) in [4.78, 5) is 44.2. The molecule has 1 aromatic heterocycles. The number of hydrogen-bond acceptors (Lipinski definition) is 8. The quantitative estimate of drug-likeness (QED) is 0.611. The number of carbonyl (C=O) groups is 3. The van der Waals surface area contributed by atoms with Gasteiger partial charge in [0.25, 0.3) is 5.91 Å². The van der Waals surface area contributed by atoms with Gasteiger partial charge in [-0.15, -0.1) is 11.3 Å². The van der Waals surface area contributed by atoms with Gasteiger partial charge in [0.05, 0.1) is 30.1 Å². The number of likely N-dealkylation sites (tertiary alicyclic amines) is 1. The summed E-state index contributed by atoms with van der Waals surface area (Å²) < 4.78 is 0. The number of fused-ring (bicyclic) bond motifs is 1. The van der Waals surface area contributed by atoms with Gasteiger partial charge in [-0.1, -0.05) is 18.7 Å². The minimum absolute atomic E-state index is 0.0334. The van der Waals surface area contributed by atoms with E-state index in [2.05, 4.69) is 11.1 Å². The van der Waals surface area contributed by atoms with Crippen LogP contribution in [-0.2, 0) is 9.59 Å². The molecular formula is C20H20N4O5S2. The normalized spacial score (nSPS) is 26.5. The molecule has 0 aliphatic carbocycles. The van der Waals surface area contributed by atoms with Gasteiger partial charge in [-0.25, -0.2) is 9.78 Å². The third kappa shape index (κ3) is 3.54. The average molecular weight is 461 g/mol. The first kappa shape index (κ1) is 21.5. The van der Waals surface area contributed by atoms with Crippen LogP contribution in [0.25, 0.3) is 6.08 Å². The van der Waals surface area contributed by atoms with Crippen molar-refractivity contribution in [3.63, 3.8) is 0 Å². The lowest BCUT2D eigenvalue weighted by Gasteiger charge is -2.46. The number of carbonyl (C=O) groups excluding carboxylic acids is 2. The summed E-state index contributed by atoms with van der Waals surface area (Å²) in [6, 6.07) is 1.77. The maximum atomic E-state index is 12.4. The Balaban J connectivity index is 1.45. The lowest BCUT2D eigenvalue weighted by Crippen LogP contribution is -2.63. The first-order valence-corrected chi connectivity index (χ1v) is 11.5. The number of carboxylic acids is 1. The standard InChI is InChI=1S/C20H20N4O5S2/c1-9-15-14(10(2)25)19(27)24(15)16(20(28)29)17(9)30-4-3-13-22-12(8-31-13)18(26)23-6-11(5-21)7-23/h3-4,8-11,14-15,25H,6-7H2,1-2H3,(H,28,29)/b4-3-/t9-,10-,14-,15-/m1/s1. The number of aliphatic carboxylic acids is 1. The smallest absolute Gasteiger partial charge is 0.353 e. The fourth-order valence-corrected chi connectivity index (χ4v) is 5.96. The van der Waals surface area contributed by atoms with Gasteiger partial charge in [0, 0.05) is 29.3 Å². The molecule has 9 nitrogen and oxygen atoms in total. The highest BCUT2D eigenvalue weighted by molar-refractivity contribution is 8.06. The molecule has 0 saturated carbocycles. The number of aliphatic hydroxyl groups is 1. The lowest BCUT2D eigenvalue weighted by molar-refractivity contribution is -0.163. The third-order valence-corrected chi connectivity index (χ3v) is 7.71. The Kier molecular flexibility index (Phi) is 5.63. The van der Waals surface area contributed by atoms with E-state index in [0.29, 0.717) is 28.7 Å². The first-order valence-electron chi connectivity index (χ1n) is 9.70. The summed E-state index contributed by atoms with van der Waals surface area (Å²) >= 11 is 2.50. The Morgan fingerprint density at radius 2 is 2.16 bits per heavy atom. The van der Waals surface area contributed by atoms with E-state index in [9.17, 15) is 24.6 Å². The summed E-state index contributed by atoms with van der Waals surface area (Å²) in [5.74, 6) is -2.67. The van der Waals surface area contributed by atoms with Crippen LogP contribution in [0.3, 0.4) is 0 Å². The van der Waals surface area contributed by atoms with Crippen LogP contribution in [0.1, 0.15) is 29.3 Å². The number of aromatic nitrogens is 1. The second-order valence-corrected chi connectivity index (χ2v) is 9.64. The van der Waals surface area contributed by atoms with Crippen molar-refractivity contribution in [1.29, 1.82) is 5.26 Å². The van der Waals surface area contributed by atoms with Gasteiger partial charge in [0.2, 0.25) is 5.91 Å². The number of aliphatic hydroxyl groups excluding tert-OH is 1. The average Bonchev–Trinajstić information content (AvgIpc) is 3.23. The van der Waals surface area contributed by atoms with Crippen LogP contribution in [-0.4, -0.2) is 68.0 Å². The molecule has 0 aromatic carbocycles. The number of nitrogens with zero attached hydrogens (tertiary/aromatic N) is 4. The highest BCUT2D eigenvalue weighted by atomic mass is 32.2. The van der Waals surface area contributed by atoms with Gasteiger partial charge in [0.15, 0.2) is 0 Å². The zero-order valence-corrected chi connectivity index (χ0v) is 18.4. The van der Waals surface area contributed by atoms with E-state index in [0.717, 1.165) is 0 Å². The number of thioether (sulfide) groups is 1. The Morgan fingerprint density at radius 3 is 2.77 bits per heavy atom. The molecule has 11 heteroatoms. The molecule has 0 radical (unpaired) electrons. The molecule has 162 valence electrons. The fourth-order valence-electron chi connectivity index (χ4n) is 4.19. The van der Waals surface area contributed by atoms with Gasteiger partial charge in [-0.3, -0.25) is 9.59 Å². The molecule has 0 unspecified atom stereocenters. The van der Waals surface area contributed by atoms with Crippen molar-refractivity contribution in [2.24, 2.45) is 17.8 Å². The van der Waals surface area contributed by atoms with Gasteiger partial charge in [-0.2, -0.15) is 5.26 Å². The third-order valence-electron chi connectivity index (χ3n) is 5.81. The van der Waals surface area contributed by atoms with Crippen molar-refractivity contribution in [1.82, 2.24) is 14.8 Å². The SMILES string of the molecule is C[C@@H](O)[C@H]1C(=O)N2C(C(=O)O)=C(S/C=C\c3nc(C(=O)N4CC(C#N)C4)cs3)[C@H](C)[C@H]12. The van der Waals surface area contributed by atoms with E-state index in [1.807, 2.05) is 6.92 Å². The van der Waals surface area contributed by atoms with Crippen LogP contribution in [0.15, 0.2) is 21.4 Å². The second-order valence-electron chi connectivity index (χ2n) is 7.80. The molecule has 2 fully saturated rings. The van der Waals surface area contributed by atoms with E-state index < -0.39 is 18.0 Å². The zero-order chi connectivity index (χ0) is 22.4. The largest absolute Gasteiger partial charge is 0.477 e. The summed E-state index contributed by atoms with van der Waals surface area (Å²) in [5, 5.41) is 32.3. The number of amides is 2. The minimum Gasteiger partial charge on any atom is -0.477 e. The predicted molar refractivity (Wildman–Crippen MR) is 113 cm³/mol. The summed E-state index contributed by atoms with van der Waals surface area (Å²) in [6.07, 6.45) is 0.857. The molecule has 2 saturated heterocycles. The minimum atomic E-state index is -1.17. The van der Waals surface area contributed by atoms with Crippen LogP contribution in [0.2, 0.25) is 0 Å². The van der Waals surface area contributed by atoms with Gasteiger partial charge < -0.3 is 20.0 Å². The van der Waals surface area contributed by atoms with Crippen molar-refractivity contribution in [2.45, 2.75) is 26.0 Å². The van der Waals surface area contributed by atoms with Gasteiger partial charge in [-0.05, 0) is 18.4 Å². The molecule has 2 N–H and O–H groups in total. The molecule has 0 bridgehead atoms. The predicted octanol–water partition coefficient (Wildman–Crippen LogP) is 1.60. The Labute approximate surface area is 186 Å². The van der Waals surface area contributed by atoms with Gasteiger partial charge >= 0.3 is 5.97 Å². The van der Waals surface area contributed by atoms with Crippen LogP contribution in [0.5, 0.6) is 0 Å². The summed E-state index contributed by atoms with van der Waals surface area (Å²) in [7, 11) is 0. The van der Waals surface area contributed by atoms with Gasteiger partial charge in [0.1, 0.15) is 16.4 Å². The van der Waals surface area contributed by atoms with Crippen LogP contribution in [0.4, 0.5) is 0 Å². The van der Waals surface area contributed by atoms with Crippen LogP contribution >= 0.6 is 23.1 Å². The van der Waals surface area contributed by atoms with E-state index in [1.165, 1.54) is 28.0 Å². The lowest BCUT2D eigenvalue weighted by atomic mass is 9.79. The van der Waals surface area contributed by atoms with Crippen molar-refractivity contribution in [3.05, 3.63) is 32.1 Å². The van der Waals surface area contributed by atoms with Crippen molar-refractivity contribution in [3.8, 4) is 6.07 Å². The van der Waals surface area contributed by atoms with E-state index in [4.69, 9.17) is 5.26 Å². The number of hydrogen-bond donors (Lipinski definition) is 2. The van der Waals surface area contributed by atoms with E-state index >= 15 is 0 Å². The van der Waals surface area contributed by atoms with E-state index in [-0.39, 0.29) is 35.4 Å². The monoisotopic (exact) mass is 460 g/mol. The topological polar surface area (TPSA) is 135 Å². The highest BCUT2D eigenvalue weighted by Crippen LogP contribution is 2.50. The van der Waals surface area contributed by atoms with Crippen molar-refractivity contribution < 1.29 is 24.6 Å². The summed E-state index contributed by atoms with van der Waals surface area (Å²) in [6.45, 7) is 4.23. The molecule has 3 aliphatic rings. The van der Waals surface area contributed by atoms with Crippen LogP contribution < -0.4 is 0 Å². The Hall–Kier alpha value is -2.68. The summed E-state index contributed by atoms with van der Waals surface area (Å²) in [5.41, 5.74) is 0.286. The number of thiazole rings is 1. The molecule has 4 rings (SSSR count). The highest BCUT2D eigenvalue weighted by Gasteiger charge is 2.59. The Bertz CT molecular complexity index is 1050. The number of β-lactam (4-membered cyclic amide) rings is 1. The number of nitriles is 1. The molecule has 31 heavy (non-hydrogen) atoms. The fraction of sp³-hybridized carbons (Fsp3) is 0.450. The molecule has 4 heterocycles.